The molecule has 0 fully saturated rings. The van der Waals surface area contributed by atoms with Crippen LogP contribution in [0.3, 0.4) is 0 Å². The SMILES string of the molecule is O=C(COc1ccc(F)cc1)NC(CO)(CO)CO. The molecule has 0 aromatic heterocycles. The van der Waals surface area contributed by atoms with Crippen LogP contribution in [0.1, 0.15) is 0 Å². The van der Waals surface area contributed by atoms with Crippen LogP contribution in [0.5, 0.6) is 5.75 Å². The van der Waals surface area contributed by atoms with Gasteiger partial charge < -0.3 is 25.4 Å². The number of rotatable bonds is 7. The maximum absolute atomic E-state index is 12.6. The minimum atomic E-state index is -1.48. The van der Waals surface area contributed by atoms with Crippen LogP contribution < -0.4 is 10.1 Å². The van der Waals surface area contributed by atoms with E-state index in [1.165, 1.54) is 24.3 Å². The molecule has 0 aliphatic heterocycles. The Morgan fingerprint density at radius 1 is 1.16 bits per heavy atom. The molecule has 7 heteroatoms. The molecule has 1 rings (SSSR count). The molecular formula is C12H16FNO5. The molecule has 0 saturated heterocycles. The first-order valence-electron chi connectivity index (χ1n) is 5.57. The number of amides is 1. The summed E-state index contributed by atoms with van der Waals surface area (Å²) in [4.78, 5) is 11.5. The van der Waals surface area contributed by atoms with Crippen LogP contribution in [0, 0.1) is 5.82 Å². The normalized spacial score (nSPS) is 11.2. The molecule has 4 N–H and O–H groups in total. The van der Waals surface area contributed by atoms with Gasteiger partial charge in [0.25, 0.3) is 5.91 Å². The van der Waals surface area contributed by atoms with Crippen LogP contribution >= 0.6 is 0 Å². The third kappa shape index (κ3) is 4.47. The van der Waals surface area contributed by atoms with Crippen molar-refractivity contribution >= 4 is 5.91 Å². The predicted octanol–water partition coefficient (Wildman–Crippen LogP) is -0.964. The summed E-state index contributed by atoms with van der Waals surface area (Å²) >= 11 is 0. The van der Waals surface area contributed by atoms with E-state index in [4.69, 9.17) is 20.1 Å². The topological polar surface area (TPSA) is 99.0 Å². The van der Waals surface area contributed by atoms with Crippen molar-refractivity contribution in [2.24, 2.45) is 0 Å². The number of carbonyl (C=O) groups excluding carboxylic acids is 1. The van der Waals surface area contributed by atoms with Crippen LogP contribution in [0.2, 0.25) is 0 Å². The first-order chi connectivity index (χ1) is 9.05. The number of aliphatic hydroxyl groups is 3. The highest BCUT2D eigenvalue weighted by molar-refractivity contribution is 5.78. The van der Waals surface area contributed by atoms with Gasteiger partial charge in [-0.1, -0.05) is 0 Å². The number of aliphatic hydroxyl groups excluding tert-OH is 3. The fourth-order valence-corrected chi connectivity index (χ4v) is 1.28. The molecule has 6 nitrogen and oxygen atoms in total. The van der Waals surface area contributed by atoms with Crippen molar-refractivity contribution in [2.75, 3.05) is 26.4 Å². The van der Waals surface area contributed by atoms with Gasteiger partial charge in [-0.05, 0) is 24.3 Å². The van der Waals surface area contributed by atoms with E-state index in [0.29, 0.717) is 5.75 Å². The summed E-state index contributed by atoms with van der Waals surface area (Å²) in [5, 5.41) is 29.3. The van der Waals surface area contributed by atoms with E-state index in [0.717, 1.165) is 0 Å². The second-order valence-electron chi connectivity index (χ2n) is 4.05. The average molecular weight is 273 g/mol. The van der Waals surface area contributed by atoms with Crippen molar-refractivity contribution < 1.29 is 29.2 Å². The highest BCUT2D eigenvalue weighted by Crippen LogP contribution is 2.11. The lowest BCUT2D eigenvalue weighted by Gasteiger charge is -2.28. The number of carbonyl (C=O) groups is 1. The summed E-state index contributed by atoms with van der Waals surface area (Å²) in [6, 6.07) is 5.10. The van der Waals surface area contributed by atoms with E-state index in [1.54, 1.807) is 0 Å². The molecule has 1 aromatic carbocycles. The Bertz CT molecular complexity index is 397. The molecule has 19 heavy (non-hydrogen) atoms. The largest absolute Gasteiger partial charge is 0.484 e. The molecule has 0 atom stereocenters. The summed E-state index contributed by atoms with van der Waals surface area (Å²) in [7, 11) is 0. The Morgan fingerprint density at radius 3 is 2.16 bits per heavy atom. The Hall–Kier alpha value is -1.70. The smallest absolute Gasteiger partial charge is 0.258 e. The van der Waals surface area contributed by atoms with E-state index in [1.807, 2.05) is 0 Å². The van der Waals surface area contributed by atoms with Crippen molar-refractivity contribution in [1.82, 2.24) is 5.32 Å². The van der Waals surface area contributed by atoms with E-state index in [9.17, 15) is 9.18 Å². The average Bonchev–Trinajstić information content (AvgIpc) is 2.44. The molecule has 0 aliphatic carbocycles. The van der Waals surface area contributed by atoms with Crippen LogP contribution in [-0.4, -0.2) is 53.2 Å². The molecular weight excluding hydrogens is 257 g/mol. The third-order valence-corrected chi connectivity index (χ3v) is 2.50. The summed E-state index contributed by atoms with van der Waals surface area (Å²) in [5.74, 6) is -0.739. The quantitative estimate of drug-likeness (QED) is 0.512. The molecule has 1 amide bonds. The van der Waals surface area contributed by atoms with E-state index in [-0.39, 0.29) is 6.61 Å². The molecule has 106 valence electrons. The zero-order chi connectivity index (χ0) is 14.3. The van der Waals surface area contributed by atoms with Gasteiger partial charge in [-0.25, -0.2) is 4.39 Å². The molecule has 0 unspecified atom stereocenters. The molecule has 0 heterocycles. The Kier molecular flexibility index (Phi) is 5.68. The highest BCUT2D eigenvalue weighted by atomic mass is 19.1. The molecule has 0 aliphatic rings. The maximum atomic E-state index is 12.6. The van der Waals surface area contributed by atoms with Crippen LogP contribution in [-0.2, 0) is 4.79 Å². The van der Waals surface area contributed by atoms with Crippen LogP contribution in [0.25, 0.3) is 0 Å². The Balaban J connectivity index is 2.49. The lowest BCUT2D eigenvalue weighted by atomic mass is 10.0. The first kappa shape index (κ1) is 15.4. The van der Waals surface area contributed by atoms with Crippen LogP contribution in [0.15, 0.2) is 24.3 Å². The van der Waals surface area contributed by atoms with Gasteiger partial charge in [-0.3, -0.25) is 4.79 Å². The van der Waals surface area contributed by atoms with E-state index >= 15 is 0 Å². The van der Waals surface area contributed by atoms with Gasteiger partial charge in [0.2, 0.25) is 0 Å². The number of hydrogen-bond acceptors (Lipinski definition) is 5. The standard InChI is InChI=1S/C12H16FNO5/c13-9-1-3-10(4-2-9)19-5-11(18)14-12(6-15,7-16)8-17/h1-4,15-17H,5-8H2,(H,14,18). The number of hydrogen-bond donors (Lipinski definition) is 4. The number of nitrogens with one attached hydrogen (secondary N) is 1. The molecule has 1 aromatic rings. The predicted molar refractivity (Wildman–Crippen MR) is 64.0 cm³/mol. The minimum absolute atomic E-state index is 0.305. The zero-order valence-corrected chi connectivity index (χ0v) is 10.2. The van der Waals surface area contributed by atoms with Crippen molar-refractivity contribution in [3.8, 4) is 5.75 Å². The second kappa shape index (κ2) is 7.03. The van der Waals surface area contributed by atoms with Gasteiger partial charge in [0.05, 0.1) is 19.8 Å². The minimum Gasteiger partial charge on any atom is -0.484 e. The van der Waals surface area contributed by atoms with Crippen molar-refractivity contribution in [3.63, 3.8) is 0 Å². The molecule has 0 radical (unpaired) electrons. The van der Waals surface area contributed by atoms with Gasteiger partial charge in [0.1, 0.15) is 17.1 Å². The van der Waals surface area contributed by atoms with Gasteiger partial charge in [-0.15, -0.1) is 0 Å². The zero-order valence-electron chi connectivity index (χ0n) is 10.2. The Labute approximate surface area is 109 Å². The lowest BCUT2D eigenvalue weighted by molar-refractivity contribution is -0.127. The van der Waals surface area contributed by atoms with Gasteiger partial charge >= 0.3 is 0 Å². The maximum Gasteiger partial charge on any atom is 0.258 e. The van der Waals surface area contributed by atoms with Crippen molar-refractivity contribution in [3.05, 3.63) is 30.1 Å². The highest BCUT2D eigenvalue weighted by Gasteiger charge is 2.29. The molecule has 0 spiro atoms. The van der Waals surface area contributed by atoms with Crippen molar-refractivity contribution in [1.29, 1.82) is 0 Å². The van der Waals surface area contributed by atoms with Crippen LogP contribution in [0.4, 0.5) is 4.39 Å². The summed E-state index contributed by atoms with van der Waals surface area (Å²) < 4.78 is 17.7. The fourth-order valence-electron chi connectivity index (χ4n) is 1.28. The Morgan fingerprint density at radius 2 is 1.68 bits per heavy atom. The number of halogens is 1. The first-order valence-corrected chi connectivity index (χ1v) is 5.57. The third-order valence-electron chi connectivity index (χ3n) is 2.50. The van der Waals surface area contributed by atoms with Gasteiger partial charge in [0.15, 0.2) is 6.61 Å². The summed E-state index contributed by atoms with van der Waals surface area (Å²) in [5.41, 5.74) is -1.48. The number of benzene rings is 1. The summed E-state index contributed by atoms with van der Waals surface area (Å²) in [6.45, 7) is -2.21. The van der Waals surface area contributed by atoms with Crippen molar-refractivity contribution in [2.45, 2.75) is 5.54 Å². The van der Waals surface area contributed by atoms with E-state index < -0.39 is 37.1 Å². The van der Waals surface area contributed by atoms with Gasteiger partial charge in [-0.2, -0.15) is 0 Å². The molecule has 0 saturated carbocycles. The lowest BCUT2D eigenvalue weighted by Crippen LogP contribution is -2.58. The fraction of sp³-hybridized carbons (Fsp3) is 0.417. The molecule has 0 bridgehead atoms. The van der Waals surface area contributed by atoms with E-state index in [2.05, 4.69) is 5.32 Å². The summed E-state index contributed by atoms with van der Waals surface area (Å²) in [6.07, 6.45) is 0. The number of ether oxygens (including phenoxy) is 1. The monoisotopic (exact) mass is 273 g/mol. The van der Waals surface area contributed by atoms with Gasteiger partial charge in [0, 0.05) is 0 Å². The second-order valence-corrected chi connectivity index (χ2v) is 4.05.